The van der Waals surface area contributed by atoms with Crippen LogP contribution >= 0.6 is 9.24 Å². The van der Waals surface area contributed by atoms with E-state index in [1.165, 1.54) is 0 Å². The summed E-state index contributed by atoms with van der Waals surface area (Å²) in [7, 11) is 4.35. The number of hydrogen-bond acceptors (Lipinski definition) is 1. The van der Waals surface area contributed by atoms with Crippen LogP contribution < -0.4 is 5.30 Å². The van der Waals surface area contributed by atoms with Crippen LogP contribution in [0.15, 0.2) is 24.3 Å². The zero-order valence-electron chi connectivity index (χ0n) is 7.69. The summed E-state index contributed by atoms with van der Waals surface area (Å²) < 4.78 is 1.68. The van der Waals surface area contributed by atoms with E-state index in [0.717, 1.165) is 16.2 Å². The molecule has 0 fully saturated rings. The molecule has 1 N–H and O–H groups in total. The molecule has 0 aliphatic rings. The molecule has 1 heterocycles. The molecule has 0 saturated carbocycles. The second kappa shape index (κ2) is 3.10. The highest BCUT2D eigenvalue weighted by atomic mass is 31.0. The van der Waals surface area contributed by atoms with E-state index in [9.17, 15) is 4.79 Å². The lowest BCUT2D eigenvalue weighted by molar-refractivity contribution is 0.0687. The van der Waals surface area contributed by atoms with E-state index in [1.54, 1.807) is 17.7 Å². The molecule has 2 aromatic rings. The van der Waals surface area contributed by atoms with Crippen LogP contribution in [0.1, 0.15) is 10.5 Å². The largest absolute Gasteiger partial charge is 0.477 e. The van der Waals surface area contributed by atoms with Gasteiger partial charge in [0.25, 0.3) is 0 Å². The predicted molar refractivity (Wildman–Crippen MR) is 59.2 cm³/mol. The molecule has 0 spiro atoms. The molecule has 2 rings (SSSR count). The number of hydrogen-bond donors (Lipinski definition) is 1. The Hall–Kier alpha value is -1.34. The van der Waals surface area contributed by atoms with Crippen molar-refractivity contribution >= 4 is 31.4 Å². The first-order valence-corrected chi connectivity index (χ1v) is 4.75. The van der Waals surface area contributed by atoms with Gasteiger partial charge >= 0.3 is 5.97 Å². The Balaban J connectivity index is 2.79. The van der Waals surface area contributed by atoms with Crippen molar-refractivity contribution in [2.24, 2.45) is 7.05 Å². The summed E-state index contributed by atoms with van der Waals surface area (Å²) in [5.41, 5.74) is 1.25. The molecule has 1 unspecified atom stereocenters. The van der Waals surface area contributed by atoms with Crippen LogP contribution in [0.4, 0.5) is 0 Å². The Labute approximate surface area is 83.5 Å². The van der Waals surface area contributed by atoms with Gasteiger partial charge < -0.3 is 9.67 Å². The monoisotopic (exact) mass is 207 g/mol. The lowest BCUT2D eigenvalue weighted by atomic mass is 10.2. The smallest absolute Gasteiger partial charge is 0.352 e. The summed E-state index contributed by atoms with van der Waals surface area (Å²) in [6.07, 6.45) is 0. The van der Waals surface area contributed by atoms with Gasteiger partial charge in [0.05, 0.1) is 0 Å². The maximum absolute atomic E-state index is 10.9. The fourth-order valence-corrected chi connectivity index (χ4v) is 1.85. The van der Waals surface area contributed by atoms with Gasteiger partial charge in [0, 0.05) is 18.0 Å². The van der Waals surface area contributed by atoms with E-state index in [2.05, 4.69) is 9.24 Å². The number of carbonyl (C=O) groups is 1. The molecule has 72 valence electrons. The number of rotatable bonds is 1. The molecule has 0 radical (unpaired) electrons. The van der Waals surface area contributed by atoms with E-state index in [4.69, 9.17) is 5.11 Å². The molecule has 0 amide bonds. The lowest BCUT2D eigenvalue weighted by Crippen LogP contribution is -2.03. The lowest BCUT2D eigenvalue weighted by Gasteiger charge is -1.98. The first kappa shape index (κ1) is 9.22. The number of benzene rings is 1. The average molecular weight is 207 g/mol. The van der Waals surface area contributed by atoms with Crippen molar-refractivity contribution < 1.29 is 9.90 Å². The van der Waals surface area contributed by atoms with E-state index in [0.29, 0.717) is 5.69 Å². The fourth-order valence-electron chi connectivity index (χ4n) is 1.57. The molecule has 4 heteroatoms. The van der Waals surface area contributed by atoms with Crippen LogP contribution in [-0.2, 0) is 7.05 Å². The average Bonchev–Trinajstić information content (AvgIpc) is 2.43. The van der Waals surface area contributed by atoms with E-state index >= 15 is 0 Å². The van der Waals surface area contributed by atoms with Crippen molar-refractivity contribution in [1.82, 2.24) is 4.57 Å². The Bertz CT molecular complexity index is 516. The minimum Gasteiger partial charge on any atom is -0.477 e. The Kier molecular flexibility index (Phi) is 2.05. The van der Waals surface area contributed by atoms with Crippen LogP contribution in [0.2, 0.25) is 0 Å². The second-order valence-electron chi connectivity index (χ2n) is 3.21. The molecule has 0 aliphatic carbocycles. The maximum atomic E-state index is 10.9. The van der Waals surface area contributed by atoms with Gasteiger partial charge in [-0.15, -0.1) is 9.24 Å². The zero-order valence-corrected chi connectivity index (χ0v) is 8.84. The summed E-state index contributed by atoms with van der Waals surface area (Å²) in [6.45, 7) is 0. The molecule has 0 bridgehead atoms. The van der Waals surface area contributed by atoms with Crippen LogP contribution in [-0.4, -0.2) is 15.6 Å². The Morgan fingerprint density at radius 1 is 1.43 bits per heavy atom. The highest BCUT2D eigenvalue weighted by Crippen LogP contribution is 2.18. The molecular weight excluding hydrogens is 197 g/mol. The van der Waals surface area contributed by atoms with Gasteiger partial charge in [0.15, 0.2) is 0 Å². The van der Waals surface area contributed by atoms with Gasteiger partial charge in [-0.2, -0.15) is 0 Å². The Morgan fingerprint density at radius 3 is 2.79 bits per heavy atom. The summed E-state index contributed by atoms with van der Waals surface area (Å²) in [6, 6.07) is 7.50. The van der Waals surface area contributed by atoms with Gasteiger partial charge in [0.2, 0.25) is 0 Å². The SMILES string of the molecule is Cn1c(C(=O)O)cc2cc(P)ccc21. The third-order valence-electron chi connectivity index (χ3n) is 2.29. The quantitative estimate of drug-likeness (QED) is 0.718. The van der Waals surface area contributed by atoms with Crippen molar-refractivity contribution in [3.63, 3.8) is 0 Å². The number of aryl methyl sites for hydroxylation is 1. The molecule has 1 atom stereocenters. The summed E-state index contributed by atoms with van der Waals surface area (Å²) in [5.74, 6) is -0.894. The second-order valence-corrected chi connectivity index (χ2v) is 3.88. The van der Waals surface area contributed by atoms with E-state index < -0.39 is 5.97 Å². The minimum absolute atomic E-state index is 0.315. The van der Waals surface area contributed by atoms with Crippen LogP contribution in [0, 0.1) is 0 Å². The number of nitrogens with zero attached hydrogens (tertiary/aromatic N) is 1. The molecule has 0 aliphatic heterocycles. The molecule has 3 nitrogen and oxygen atoms in total. The van der Waals surface area contributed by atoms with Crippen molar-refractivity contribution in [3.8, 4) is 0 Å². The van der Waals surface area contributed by atoms with Crippen molar-refractivity contribution in [2.75, 3.05) is 0 Å². The summed E-state index contributed by atoms with van der Waals surface area (Å²) in [4.78, 5) is 10.9. The standard InChI is InChI=1S/C10H10NO2P/c1-11-8-3-2-7(14)4-6(8)5-9(11)10(12)13/h2-5H,14H2,1H3,(H,12,13). The third kappa shape index (κ3) is 1.30. The number of carboxylic acid groups (broad SMARTS) is 1. The van der Waals surface area contributed by atoms with E-state index in [-0.39, 0.29) is 0 Å². The Morgan fingerprint density at radius 2 is 2.14 bits per heavy atom. The summed E-state index contributed by atoms with van der Waals surface area (Å²) in [5, 5.41) is 10.9. The molecule has 0 saturated heterocycles. The van der Waals surface area contributed by atoms with E-state index in [1.807, 2.05) is 18.2 Å². The van der Waals surface area contributed by atoms with Crippen LogP contribution in [0.25, 0.3) is 10.9 Å². The maximum Gasteiger partial charge on any atom is 0.352 e. The normalized spacial score (nSPS) is 10.7. The van der Waals surface area contributed by atoms with Gasteiger partial charge in [-0.05, 0) is 23.5 Å². The molecule has 1 aromatic carbocycles. The number of carboxylic acids is 1. The highest BCUT2D eigenvalue weighted by molar-refractivity contribution is 7.27. The van der Waals surface area contributed by atoms with Crippen molar-refractivity contribution in [2.45, 2.75) is 0 Å². The van der Waals surface area contributed by atoms with Crippen molar-refractivity contribution in [1.29, 1.82) is 0 Å². The highest BCUT2D eigenvalue weighted by Gasteiger charge is 2.11. The van der Waals surface area contributed by atoms with Gasteiger partial charge in [-0.1, -0.05) is 6.07 Å². The first-order chi connectivity index (χ1) is 6.59. The van der Waals surface area contributed by atoms with Gasteiger partial charge in [0.1, 0.15) is 5.69 Å². The van der Waals surface area contributed by atoms with Gasteiger partial charge in [-0.3, -0.25) is 0 Å². The zero-order chi connectivity index (χ0) is 10.3. The topological polar surface area (TPSA) is 42.2 Å². The number of aromatic nitrogens is 1. The van der Waals surface area contributed by atoms with Crippen LogP contribution in [0.3, 0.4) is 0 Å². The minimum atomic E-state index is -0.894. The number of aromatic carboxylic acids is 1. The molecule has 1 aromatic heterocycles. The molecular formula is C10H10NO2P. The first-order valence-electron chi connectivity index (χ1n) is 4.18. The van der Waals surface area contributed by atoms with Crippen molar-refractivity contribution in [3.05, 3.63) is 30.0 Å². The molecule has 14 heavy (non-hydrogen) atoms. The van der Waals surface area contributed by atoms with Crippen LogP contribution in [0.5, 0.6) is 0 Å². The third-order valence-corrected chi connectivity index (χ3v) is 2.64. The fraction of sp³-hybridized carbons (Fsp3) is 0.100. The van der Waals surface area contributed by atoms with Gasteiger partial charge in [-0.25, -0.2) is 4.79 Å². The number of fused-ring (bicyclic) bond motifs is 1. The summed E-state index contributed by atoms with van der Waals surface area (Å²) >= 11 is 0. The predicted octanol–water partition coefficient (Wildman–Crippen LogP) is 1.38.